The summed E-state index contributed by atoms with van der Waals surface area (Å²) in [5, 5.41) is 0. The minimum absolute atomic E-state index is 0.415. The largest absolute Gasteiger partial charge is 0.494 e. The number of ether oxygens (including phenoxy) is 1. The molecule has 2 aromatic rings. The molecule has 0 bridgehead atoms. The number of aromatic nitrogens is 2. The van der Waals surface area contributed by atoms with Crippen LogP contribution in [0.1, 0.15) is 25.8 Å². The Labute approximate surface area is 119 Å². The molecule has 2 heterocycles. The number of likely N-dealkylation sites (tertiary alicyclic amines) is 1. The summed E-state index contributed by atoms with van der Waals surface area (Å²) in [6, 6.07) is 6.98. The first-order valence-electron chi connectivity index (χ1n) is 7.12. The highest BCUT2D eigenvalue weighted by Crippen LogP contribution is 2.34. The lowest BCUT2D eigenvalue weighted by Gasteiger charge is -2.36. The molecule has 0 saturated carbocycles. The summed E-state index contributed by atoms with van der Waals surface area (Å²) in [5.41, 5.74) is 8.10. The van der Waals surface area contributed by atoms with Crippen molar-refractivity contribution in [2.45, 2.75) is 31.8 Å². The zero-order valence-electron chi connectivity index (χ0n) is 12.3. The van der Waals surface area contributed by atoms with E-state index in [1.165, 1.54) is 0 Å². The molecule has 20 heavy (non-hydrogen) atoms. The van der Waals surface area contributed by atoms with E-state index >= 15 is 0 Å². The average Bonchev–Trinajstić information content (AvgIpc) is 2.78. The van der Waals surface area contributed by atoms with Crippen LogP contribution in [0.3, 0.4) is 0 Å². The van der Waals surface area contributed by atoms with E-state index in [2.05, 4.69) is 34.5 Å². The van der Waals surface area contributed by atoms with Gasteiger partial charge in [-0.3, -0.25) is 0 Å². The van der Waals surface area contributed by atoms with Crippen LogP contribution in [0, 0.1) is 0 Å². The summed E-state index contributed by atoms with van der Waals surface area (Å²) in [7, 11) is 3.85. The normalized spacial score (nSPS) is 24.1. The maximum Gasteiger partial charge on any atom is 0.201 e. The van der Waals surface area contributed by atoms with Gasteiger partial charge in [-0.05, 0) is 38.9 Å². The molecule has 0 spiro atoms. The predicted octanol–water partition coefficient (Wildman–Crippen LogP) is 2.28. The highest BCUT2D eigenvalue weighted by Gasteiger charge is 2.27. The third kappa shape index (κ3) is 2.02. The number of hydrogen-bond acceptors (Lipinski definition) is 4. The Balaban J connectivity index is 2.05. The average molecular weight is 274 g/mol. The van der Waals surface area contributed by atoms with Gasteiger partial charge >= 0.3 is 0 Å². The van der Waals surface area contributed by atoms with Crippen molar-refractivity contribution in [3.05, 3.63) is 18.2 Å². The van der Waals surface area contributed by atoms with E-state index in [-0.39, 0.29) is 0 Å². The highest BCUT2D eigenvalue weighted by atomic mass is 16.5. The molecular weight excluding hydrogens is 252 g/mol. The number of piperidine rings is 1. The number of fused-ring (bicyclic) bond motifs is 1. The topological polar surface area (TPSA) is 56.3 Å². The van der Waals surface area contributed by atoms with Gasteiger partial charge in [0.1, 0.15) is 11.3 Å². The molecule has 2 unspecified atom stereocenters. The number of nitrogens with two attached hydrogens (primary N) is 1. The molecule has 0 radical (unpaired) electrons. The van der Waals surface area contributed by atoms with Gasteiger partial charge in [0.15, 0.2) is 0 Å². The minimum atomic E-state index is 0.415. The molecule has 2 N–H and O–H groups in total. The van der Waals surface area contributed by atoms with E-state index in [1.54, 1.807) is 7.11 Å². The first-order valence-corrected chi connectivity index (χ1v) is 7.12. The smallest absolute Gasteiger partial charge is 0.201 e. The standard InChI is InChI=1S/C15H22N4O/c1-10-9-11(7-8-18(10)2)19-12-5-4-6-13(20-3)14(12)17-15(19)16/h4-6,10-11H,7-9H2,1-3H3,(H2,16,17). The van der Waals surface area contributed by atoms with Gasteiger partial charge in [0.05, 0.1) is 12.6 Å². The number of methoxy groups -OCH3 is 1. The van der Waals surface area contributed by atoms with Crippen LogP contribution in [0.25, 0.3) is 11.0 Å². The van der Waals surface area contributed by atoms with Crippen molar-refractivity contribution in [2.75, 3.05) is 26.4 Å². The monoisotopic (exact) mass is 274 g/mol. The number of rotatable bonds is 2. The van der Waals surface area contributed by atoms with Crippen molar-refractivity contribution >= 4 is 17.0 Å². The molecule has 0 aliphatic carbocycles. The summed E-state index contributed by atoms with van der Waals surface area (Å²) in [4.78, 5) is 6.90. The Bertz CT molecular complexity index is 622. The summed E-state index contributed by atoms with van der Waals surface area (Å²) < 4.78 is 7.56. The van der Waals surface area contributed by atoms with Crippen molar-refractivity contribution in [2.24, 2.45) is 0 Å². The quantitative estimate of drug-likeness (QED) is 0.913. The number of nitrogen functional groups attached to an aromatic ring is 1. The van der Waals surface area contributed by atoms with Gasteiger partial charge in [0.25, 0.3) is 0 Å². The van der Waals surface area contributed by atoms with Crippen molar-refractivity contribution in [3.8, 4) is 5.75 Å². The molecule has 1 saturated heterocycles. The number of benzene rings is 1. The molecule has 2 atom stereocenters. The second kappa shape index (κ2) is 4.98. The van der Waals surface area contributed by atoms with E-state index in [1.807, 2.05) is 12.1 Å². The fourth-order valence-electron chi connectivity index (χ4n) is 3.16. The zero-order chi connectivity index (χ0) is 14.3. The second-order valence-electron chi connectivity index (χ2n) is 5.68. The van der Waals surface area contributed by atoms with Crippen LogP contribution in [0.5, 0.6) is 5.75 Å². The molecule has 1 aliphatic rings. The van der Waals surface area contributed by atoms with Gasteiger partial charge < -0.3 is 19.9 Å². The van der Waals surface area contributed by atoms with Crippen molar-refractivity contribution in [1.82, 2.24) is 14.5 Å². The van der Waals surface area contributed by atoms with E-state index in [9.17, 15) is 0 Å². The Morgan fingerprint density at radius 3 is 2.90 bits per heavy atom. The molecular formula is C15H22N4O. The van der Waals surface area contributed by atoms with E-state index < -0.39 is 0 Å². The van der Waals surface area contributed by atoms with Gasteiger partial charge in [-0.25, -0.2) is 4.98 Å². The van der Waals surface area contributed by atoms with Crippen LogP contribution in [-0.2, 0) is 0 Å². The number of hydrogen-bond donors (Lipinski definition) is 1. The zero-order valence-corrected chi connectivity index (χ0v) is 12.3. The summed E-state index contributed by atoms with van der Waals surface area (Å²) in [5.74, 6) is 1.38. The molecule has 1 aliphatic heterocycles. The molecule has 5 nitrogen and oxygen atoms in total. The summed E-state index contributed by atoms with van der Waals surface area (Å²) >= 11 is 0. The van der Waals surface area contributed by atoms with Crippen LogP contribution in [0.2, 0.25) is 0 Å². The molecule has 5 heteroatoms. The van der Waals surface area contributed by atoms with E-state index in [0.29, 0.717) is 18.0 Å². The Morgan fingerprint density at radius 2 is 2.20 bits per heavy atom. The van der Waals surface area contributed by atoms with E-state index in [0.717, 1.165) is 36.2 Å². The maximum atomic E-state index is 6.17. The molecule has 1 fully saturated rings. The number of nitrogens with zero attached hydrogens (tertiary/aromatic N) is 3. The fourth-order valence-corrected chi connectivity index (χ4v) is 3.16. The Kier molecular flexibility index (Phi) is 3.30. The highest BCUT2D eigenvalue weighted by molar-refractivity contribution is 5.84. The van der Waals surface area contributed by atoms with Crippen LogP contribution in [0.4, 0.5) is 5.95 Å². The second-order valence-corrected chi connectivity index (χ2v) is 5.68. The van der Waals surface area contributed by atoms with E-state index in [4.69, 9.17) is 10.5 Å². The number of imidazole rings is 1. The lowest BCUT2D eigenvalue weighted by Crippen LogP contribution is -2.38. The SMILES string of the molecule is COc1cccc2c1nc(N)n2C1CCN(C)C(C)C1. The first-order chi connectivity index (χ1) is 9.61. The summed E-state index contributed by atoms with van der Waals surface area (Å²) in [6.45, 7) is 3.36. The third-order valence-corrected chi connectivity index (χ3v) is 4.48. The van der Waals surface area contributed by atoms with Crippen LogP contribution in [-0.4, -0.2) is 41.2 Å². The van der Waals surface area contributed by atoms with Crippen LogP contribution in [0.15, 0.2) is 18.2 Å². The lowest BCUT2D eigenvalue weighted by atomic mass is 9.98. The lowest BCUT2D eigenvalue weighted by molar-refractivity contribution is 0.159. The van der Waals surface area contributed by atoms with Crippen LogP contribution >= 0.6 is 0 Å². The van der Waals surface area contributed by atoms with Crippen molar-refractivity contribution in [3.63, 3.8) is 0 Å². The molecule has 3 rings (SSSR count). The minimum Gasteiger partial charge on any atom is -0.494 e. The molecule has 1 aromatic carbocycles. The number of para-hydroxylation sites is 1. The van der Waals surface area contributed by atoms with Gasteiger partial charge in [-0.15, -0.1) is 0 Å². The van der Waals surface area contributed by atoms with Gasteiger partial charge in [-0.2, -0.15) is 0 Å². The van der Waals surface area contributed by atoms with Crippen LogP contribution < -0.4 is 10.5 Å². The maximum absolute atomic E-state index is 6.17. The fraction of sp³-hybridized carbons (Fsp3) is 0.533. The number of anilines is 1. The van der Waals surface area contributed by atoms with Gasteiger partial charge in [0, 0.05) is 18.6 Å². The molecule has 0 amide bonds. The molecule has 1 aromatic heterocycles. The Hall–Kier alpha value is -1.75. The van der Waals surface area contributed by atoms with Crippen molar-refractivity contribution < 1.29 is 4.74 Å². The Morgan fingerprint density at radius 1 is 1.40 bits per heavy atom. The van der Waals surface area contributed by atoms with Crippen molar-refractivity contribution in [1.29, 1.82) is 0 Å². The third-order valence-electron chi connectivity index (χ3n) is 4.48. The summed E-state index contributed by atoms with van der Waals surface area (Å²) in [6.07, 6.45) is 2.21. The first kappa shape index (κ1) is 13.2. The predicted molar refractivity (Wildman–Crippen MR) is 81.1 cm³/mol. The molecule has 108 valence electrons. The van der Waals surface area contributed by atoms with Gasteiger partial charge in [-0.1, -0.05) is 6.07 Å². The van der Waals surface area contributed by atoms with Gasteiger partial charge in [0.2, 0.25) is 5.95 Å².